The van der Waals surface area contributed by atoms with E-state index in [1.54, 1.807) is 26.2 Å². The second-order valence-corrected chi connectivity index (χ2v) is 10.6. The molecule has 1 amide bonds. The highest BCUT2D eigenvalue weighted by Gasteiger charge is 2.40. The van der Waals surface area contributed by atoms with E-state index in [-0.39, 0.29) is 24.4 Å². The molecule has 0 N–H and O–H groups in total. The van der Waals surface area contributed by atoms with Crippen LogP contribution < -0.4 is 14.2 Å². The SMILES string of the molecule is COc1cc([C@@H](C(=O)N2CCCC[C@H]2C(=O)OCCOCc2ccccc2)C2CCCCC2)cc(OC)c1OC. The lowest BCUT2D eigenvalue weighted by Crippen LogP contribution is -2.51. The molecule has 2 aliphatic rings. The van der Waals surface area contributed by atoms with Crippen molar-refractivity contribution in [2.75, 3.05) is 41.1 Å². The maximum Gasteiger partial charge on any atom is 0.328 e. The largest absolute Gasteiger partial charge is 0.493 e. The number of methoxy groups -OCH3 is 3. The van der Waals surface area contributed by atoms with Gasteiger partial charge in [0.15, 0.2) is 11.5 Å². The highest BCUT2D eigenvalue weighted by Crippen LogP contribution is 2.45. The Balaban J connectivity index is 1.50. The zero-order valence-electron chi connectivity index (χ0n) is 24.1. The van der Waals surface area contributed by atoms with Gasteiger partial charge in [-0.25, -0.2) is 4.79 Å². The summed E-state index contributed by atoms with van der Waals surface area (Å²) in [6.07, 6.45) is 7.64. The number of nitrogens with zero attached hydrogens (tertiary/aromatic N) is 1. The lowest BCUT2D eigenvalue weighted by Gasteiger charge is -2.39. The third-order valence-electron chi connectivity index (χ3n) is 8.07. The number of carbonyl (C=O) groups is 2. The molecule has 2 fully saturated rings. The zero-order chi connectivity index (χ0) is 28.3. The van der Waals surface area contributed by atoms with Crippen LogP contribution in [0.4, 0.5) is 0 Å². The van der Waals surface area contributed by atoms with Crippen molar-refractivity contribution in [1.29, 1.82) is 0 Å². The smallest absolute Gasteiger partial charge is 0.328 e. The number of carbonyl (C=O) groups excluding carboxylic acids is 2. The summed E-state index contributed by atoms with van der Waals surface area (Å²) in [6, 6.07) is 13.1. The normalized spacial score (nSPS) is 18.6. The first-order valence-electron chi connectivity index (χ1n) is 14.5. The van der Waals surface area contributed by atoms with Crippen molar-refractivity contribution in [3.8, 4) is 17.2 Å². The van der Waals surface area contributed by atoms with Gasteiger partial charge in [-0.15, -0.1) is 0 Å². The molecule has 4 rings (SSSR count). The van der Waals surface area contributed by atoms with E-state index < -0.39 is 12.0 Å². The summed E-state index contributed by atoms with van der Waals surface area (Å²) in [5, 5.41) is 0. The number of ether oxygens (including phenoxy) is 5. The van der Waals surface area contributed by atoms with Crippen LogP contribution in [0.25, 0.3) is 0 Å². The second-order valence-electron chi connectivity index (χ2n) is 10.6. The van der Waals surface area contributed by atoms with E-state index in [0.29, 0.717) is 43.4 Å². The first-order chi connectivity index (χ1) is 19.6. The fraction of sp³-hybridized carbons (Fsp3) is 0.562. The molecular weight excluding hydrogens is 510 g/mol. The standard InChI is InChI=1S/C32H43NO7/c1-36-27-20-25(21-28(37-2)30(27)38-3)29(24-14-8-5-9-15-24)31(34)33-17-11-10-16-26(33)32(35)40-19-18-39-22-23-12-6-4-7-13-23/h4,6-7,12-13,20-21,24,26,29H,5,8-11,14-19,22H2,1-3H3/t26-,29-/m0/s1. The third-order valence-corrected chi connectivity index (χ3v) is 8.07. The molecule has 0 bridgehead atoms. The number of benzene rings is 2. The summed E-state index contributed by atoms with van der Waals surface area (Å²) in [6.45, 7) is 1.46. The number of piperidine rings is 1. The van der Waals surface area contributed by atoms with Crippen molar-refractivity contribution in [2.24, 2.45) is 5.92 Å². The van der Waals surface area contributed by atoms with Crippen LogP contribution in [0.5, 0.6) is 17.2 Å². The lowest BCUT2D eigenvalue weighted by atomic mass is 9.75. The minimum Gasteiger partial charge on any atom is -0.493 e. The predicted molar refractivity (Wildman–Crippen MR) is 152 cm³/mol. The highest BCUT2D eigenvalue weighted by atomic mass is 16.6. The van der Waals surface area contributed by atoms with E-state index in [1.165, 1.54) is 6.42 Å². The van der Waals surface area contributed by atoms with E-state index in [1.807, 2.05) is 42.5 Å². The first-order valence-corrected chi connectivity index (χ1v) is 14.5. The quantitative estimate of drug-likeness (QED) is 0.253. The summed E-state index contributed by atoms with van der Waals surface area (Å²) < 4.78 is 28.1. The third kappa shape index (κ3) is 7.27. The van der Waals surface area contributed by atoms with Gasteiger partial charge in [0.25, 0.3) is 0 Å². The Morgan fingerprint density at radius 3 is 2.17 bits per heavy atom. The molecule has 8 nitrogen and oxygen atoms in total. The summed E-state index contributed by atoms with van der Waals surface area (Å²) in [5.41, 5.74) is 1.90. The van der Waals surface area contributed by atoms with Crippen LogP contribution in [-0.4, -0.2) is 63.9 Å². The van der Waals surface area contributed by atoms with Crippen molar-refractivity contribution in [1.82, 2.24) is 4.90 Å². The van der Waals surface area contributed by atoms with Crippen LogP contribution in [-0.2, 0) is 25.7 Å². The van der Waals surface area contributed by atoms with Gasteiger partial charge in [-0.2, -0.15) is 0 Å². The molecule has 8 heteroatoms. The average molecular weight is 554 g/mol. The highest BCUT2D eigenvalue weighted by molar-refractivity contribution is 5.89. The Hall–Kier alpha value is -3.26. The molecule has 0 aromatic heterocycles. The van der Waals surface area contributed by atoms with Gasteiger partial charge in [0.1, 0.15) is 12.6 Å². The summed E-state index contributed by atoms with van der Waals surface area (Å²) in [4.78, 5) is 29.4. The Morgan fingerprint density at radius 1 is 0.850 bits per heavy atom. The molecule has 2 atom stereocenters. The van der Waals surface area contributed by atoms with Crippen LogP contribution in [0.3, 0.4) is 0 Å². The van der Waals surface area contributed by atoms with Crippen LogP contribution in [0.15, 0.2) is 42.5 Å². The van der Waals surface area contributed by atoms with E-state index in [2.05, 4.69) is 0 Å². The van der Waals surface area contributed by atoms with E-state index in [0.717, 1.165) is 49.7 Å². The maximum atomic E-state index is 14.4. The molecule has 1 saturated carbocycles. The monoisotopic (exact) mass is 553 g/mol. The maximum absolute atomic E-state index is 14.4. The molecule has 1 saturated heterocycles. The van der Waals surface area contributed by atoms with Gasteiger partial charge in [-0.1, -0.05) is 49.6 Å². The number of rotatable bonds is 12. The molecule has 0 radical (unpaired) electrons. The van der Waals surface area contributed by atoms with Crippen LogP contribution in [0.2, 0.25) is 0 Å². The van der Waals surface area contributed by atoms with E-state index in [9.17, 15) is 9.59 Å². The second kappa shape index (κ2) is 14.9. The van der Waals surface area contributed by atoms with E-state index in [4.69, 9.17) is 23.7 Å². The van der Waals surface area contributed by atoms with Gasteiger partial charge in [-0.3, -0.25) is 4.79 Å². The molecule has 0 unspecified atom stereocenters. The zero-order valence-corrected chi connectivity index (χ0v) is 24.1. The van der Waals surface area contributed by atoms with Crippen molar-refractivity contribution in [2.45, 2.75) is 69.9 Å². The van der Waals surface area contributed by atoms with Crippen LogP contribution >= 0.6 is 0 Å². The molecule has 1 aliphatic carbocycles. The Morgan fingerprint density at radius 2 is 1.52 bits per heavy atom. The molecule has 1 heterocycles. The van der Waals surface area contributed by atoms with Gasteiger partial charge in [-0.05, 0) is 61.3 Å². The molecule has 218 valence electrons. The number of hydrogen-bond acceptors (Lipinski definition) is 7. The molecule has 1 aliphatic heterocycles. The number of likely N-dealkylation sites (tertiary alicyclic amines) is 1. The molecule has 40 heavy (non-hydrogen) atoms. The lowest BCUT2D eigenvalue weighted by molar-refractivity contribution is -0.159. The fourth-order valence-electron chi connectivity index (χ4n) is 6.05. The summed E-state index contributed by atoms with van der Waals surface area (Å²) >= 11 is 0. The first kappa shape index (κ1) is 29.7. The molecule has 0 spiro atoms. The summed E-state index contributed by atoms with van der Waals surface area (Å²) in [7, 11) is 4.73. The minimum absolute atomic E-state index is 0.0249. The minimum atomic E-state index is -0.594. The Kier molecular flexibility index (Phi) is 11.1. The van der Waals surface area contributed by atoms with Crippen LogP contribution in [0, 0.1) is 5.92 Å². The van der Waals surface area contributed by atoms with Crippen molar-refractivity contribution >= 4 is 11.9 Å². The van der Waals surface area contributed by atoms with Crippen LogP contribution in [0.1, 0.15) is 68.4 Å². The molecular formula is C32H43NO7. The van der Waals surface area contributed by atoms with E-state index >= 15 is 0 Å². The van der Waals surface area contributed by atoms with Crippen molar-refractivity contribution in [3.05, 3.63) is 53.6 Å². The fourth-order valence-corrected chi connectivity index (χ4v) is 6.05. The summed E-state index contributed by atoms with van der Waals surface area (Å²) in [5.74, 6) is 0.932. The van der Waals surface area contributed by atoms with Gasteiger partial charge < -0.3 is 28.6 Å². The Labute approximate surface area is 237 Å². The van der Waals surface area contributed by atoms with Gasteiger partial charge in [0, 0.05) is 6.54 Å². The molecule has 2 aromatic rings. The van der Waals surface area contributed by atoms with Gasteiger partial charge in [0.05, 0.1) is 40.5 Å². The van der Waals surface area contributed by atoms with Crippen molar-refractivity contribution in [3.63, 3.8) is 0 Å². The average Bonchev–Trinajstić information content (AvgIpc) is 3.01. The van der Waals surface area contributed by atoms with Gasteiger partial charge in [0.2, 0.25) is 11.7 Å². The van der Waals surface area contributed by atoms with Gasteiger partial charge >= 0.3 is 5.97 Å². The number of amides is 1. The number of esters is 1. The van der Waals surface area contributed by atoms with Crippen molar-refractivity contribution < 1.29 is 33.3 Å². The topological polar surface area (TPSA) is 83.5 Å². The predicted octanol–water partition coefficient (Wildman–Crippen LogP) is 5.52. The Bertz CT molecular complexity index is 1070. The molecule has 2 aromatic carbocycles. The number of hydrogen-bond donors (Lipinski definition) is 0.